The number of ether oxygens (including phenoxy) is 2. The lowest BCUT2D eigenvalue weighted by atomic mass is 10.2. The van der Waals surface area contributed by atoms with Crippen molar-refractivity contribution in [2.75, 3.05) is 19.5 Å². The molecule has 0 spiro atoms. The molecule has 2 aromatic heterocycles. The molecule has 0 saturated heterocycles. The highest BCUT2D eigenvalue weighted by atomic mass is 16.5. The van der Waals surface area contributed by atoms with Gasteiger partial charge < -0.3 is 14.8 Å². The number of carbonyl (C=O) groups excluding carboxylic acids is 1. The van der Waals surface area contributed by atoms with Crippen LogP contribution in [0.2, 0.25) is 0 Å². The quantitative estimate of drug-likeness (QED) is 0.711. The number of anilines is 1. The van der Waals surface area contributed by atoms with Crippen molar-refractivity contribution >= 4 is 22.6 Å². The molecule has 0 saturated carbocycles. The fourth-order valence-corrected chi connectivity index (χ4v) is 2.55. The van der Waals surface area contributed by atoms with E-state index >= 15 is 0 Å². The Bertz CT molecular complexity index is 986. The topological polar surface area (TPSA) is 100 Å². The number of methoxy groups -OCH3 is 2. The van der Waals surface area contributed by atoms with Crippen LogP contribution in [0.3, 0.4) is 0 Å². The third-order valence-electron chi connectivity index (χ3n) is 3.93. The van der Waals surface area contributed by atoms with Gasteiger partial charge in [-0.2, -0.15) is 5.10 Å². The number of nitrogens with zero attached hydrogens (tertiary/aromatic N) is 4. The Morgan fingerprint density at radius 2 is 1.88 bits per heavy atom. The van der Waals surface area contributed by atoms with Crippen LogP contribution in [0.4, 0.5) is 5.69 Å². The molecule has 136 valence electrons. The van der Waals surface area contributed by atoms with Gasteiger partial charge in [-0.15, -0.1) is 0 Å². The van der Waals surface area contributed by atoms with Gasteiger partial charge in [-0.3, -0.25) is 18.8 Å². The summed E-state index contributed by atoms with van der Waals surface area (Å²) in [5.74, 6) is 0.905. The Morgan fingerprint density at radius 3 is 2.54 bits per heavy atom. The standard InChI is InChI=1S/C17H19N5O4/c1-21-16-14(9-19-21)17(24)22(10-18-16)5-4-15(23)20-11-6-12(25-2)8-13(7-11)26-3/h6-10H,4-5H2,1-3H3,(H,20,23). The second kappa shape index (κ2) is 7.26. The van der Waals surface area contributed by atoms with Crippen LogP contribution < -0.4 is 20.3 Å². The summed E-state index contributed by atoms with van der Waals surface area (Å²) < 4.78 is 13.3. The summed E-state index contributed by atoms with van der Waals surface area (Å²) in [5, 5.41) is 7.21. The van der Waals surface area contributed by atoms with E-state index in [9.17, 15) is 9.59 Å². The molecule has 1 N–H and O–H groups in total. The highest BCUT2D eigenvalue weighted by Crippen LogP contribution is 2.25. The minimum atomic E-state index is -0.238. The Balaban J connectivity index is 1.70. The van der Waals surface area contributed by atoms with Gasteiger partial charge in [-0.25, -0.2) is 4.98 Å². The van der Waals surface area contributed by atoms with Crippen LogP contribution in [0, 0.1) is 0 Å². The smallest absolute Gasteiger partial charge is 0.264 e. The number of hydrogen-bond donors (Lipinski definition) is 1. The van der Waals surface area contributed by atoms with Crippen molar-refractivity contribution in [3.63, 3.8) is 0 Å². The molecule has 3 rings (SSSR count). The molecule has 0 fully saturated rings. The van der Waals surface area contributed by atoms with Crippen molar-refractivity contribution in [3.05, 3.63) is 41.1 Å². The van der Waals surface area contributed by atoms with Crippen LogP contribution in [0.15, 0.2) is 35.5 Å². The number of rotatable bonds is 6. The summed E-state index contributed by atoms with van der Waals surface area (Å²) in [6, 6.07) is 5.09. The van der Waals surface area contributed by atoms with E-state index in [2.05, 4.69) is 15.4 Å². The first-order valence-electron chi connectivity index (χ1n) is 7.92. The van der Waals surface area contributed by atoms with Crippen LogP contribution >= 0.6 is 0 Å². The summed E-state index contributed by atoms with van der Waals surface area (Å²) in [5.41, 5.74) is 0.845. The zero-order valence-corrected chi connectivity index (χ0v) is 14.7. The molecule has 0 aliphatic carbocycles. The van der Waals surface area contributed by atoms with Crippen LogP contribution in [-0.2, 0) is 18.4 Å². The summed E-state index contributed by atoms with van der Waals surface area (Å²) in [6.07, 6.45) is 3.02. The molecule has 26 heavy (non-hydrogen) atoms. The first-order chi connectivity index (χ1) is 12.5. The predicted octanol–water partition coefficient (Wildman–Crippen LogP) is 1.18. The zero-order chi connectivity index (χ0) is 18.7. The zero-order valence-electron chi connectivity index (χ0n) is 14.7. The molecule has 0 aliphatic rings. The number of hydrogen-bond acceptors (Lipinski definition) is 6. The lowest BCUT2D eigenvalue weighted by Crippen LogP contribution is -2.23. The van der Waals surface area contributed by atoms with Gasteiger partial charge in [0.15, 0.2) is 5.65 Å². The van der Waals surface area contributed by atoms with E-state index in [0.717, 1.165) is 0 Å². The molecule has 0 aliphatic heterocycles. The maximum atomic E-state index is 12.4. The molecular weight excluding hydrogens is 338 g/mol. The fraction of sp³-hybridized carbons (Fsp3) is 0.294. The molecule has 3 aromatic rings. The van der Waals surface area contributed by atoms with Gasteiger partial charge >= 0.3 is 0 Å². The Kier molecular flexibility index (Phi) is 4.87. The van der Waals surface area contributed by atoms with Crippen molar-refractivity contribution in [2.24, 2.45) is 7.05 Å². The van der Waals surface area contributed by atoms with Gasteiger partial charge in [0.05, 0.1) is 26.7 Å². The van der Waals surface area contributed by atoms with Gasteiger partial charge in [0.1, 0.15) is 16.9 Å². The molecule has 2 heterocycles. The minimum absolute atomic E-state index is 0.118. The number of amides is 1. The molecule has 1 amide bonds. The van der Waals surface area contributed by atoms with Crippen LogP contribution in [0.1, 0.15) is 6.42 Å². The molecule has 0 bridgehead atoms. The van der Waals surface area contributed by atoms with Gasteiger partial charge in [0.2, 0.25) is 5.91 Å². The van der Waals surface area contributed by atoms with Crippen LogP contribution in [0.25, 0.3) is 11.0 Å². The van der Waals surface area contributed by atoms with E-state index in [4.69, 9.17) is 9.47 Å². The average Bonchev–Trinajstić information content (AvgIpc) is 3.02. The van der Waals surface area contributed by atoms with Crippen LogP contribution in [-0.4, -0.2) is 39.5 Å². The third kappa shape index (κ3) is 3.51. The summed E-state index contributed by atoms with van der Waals surface area (Å²) in [6.45, 7) is 0.212. The molecule has 0 atom stereocenters. The normalized spacial score (nSPS) is 10.7. The average molecular weight is 357 g/mol. The second-order valence-electron chi connectivity index (χ2n) is 5.65. The van der Waals surface area contributed by atoms with E-state index in [1.807, 2.05) is 0 Å². The van der Waals surface area contributed by atoms with Crippen molar-refractivity contribution < 1.29 is 14.3 Å². The molecule has 1 aromatic carbocycles. The number of benzene rings is 1. The van der Waals surface area contributed by atoms with Crippen LogP contribution in [0.5, 0.6) is 11.5 Å². The molecular formula is C17H19N5O4. The first kappa shape index (κ1) is 17.5. The van der Waals surface area contributed by atoms with Gasteiger partial charge in [-0.1, -0.05) is 0 Å². The van der Waals surface area contributed by atoms with E-state index in [-0.39, 0.29) is 24.4 Å². The van der Waals surface area contributed by atoms with E-state index in [1.165, 1.54) is 36.0 Å². The third-order valence-corrected chi connectivity index (χ3v) is 3.93. The summed E-state index contributed by atoms with van der Waals surface area (Å²) in [4.78, 5) is 28.8. The highest BCUT2D eigenvalue weighted by molar-refractivity contribution is 5.91. The lowest BCUT2D eigenvalue weighted by molar-refractivity contribution is -0.116. The van der Waals surface area contributed by atoms with Crippen molar-refractivity contribution in [1.82, 2.24) is 19.3 Å². The lowest BCUT2D eigenvalue weighted by Gasteiger charge is -2.10. The maximum Gasteiger partial charge on any atom is 0.264 e. The second-order valence-corrected chi connectivity index (χ2v) is 5.65. The summed E-state index contributed by atoms with van der Waals surface area (Å²) in [7, 11) is 4.79. The Hall–Kier alpha value is -3.36. The maximum absolute atomic E-state index is 12.4. The molecule has 0 unspecified atom stereocenters. The highest BCUT2D eigenvalue weighted by Gasteiger charge is 2.10. The Morgan fingerprint density at radius 1 is 1.19 bits per heavy atom. The minimum Gasteiger partial charge on any atom is -0.497 e. The number of carbonyl (C=O) groups is 1. The summed E-state index contributed by atoms with van der Waals surface area (Å²) >= 11 is 0. The van der Waals surface area contributed by atoms with E-state index < -0.39 is 0 Å². The predicted molar refractivity (Wildman–Crippen MR) is 95.6 cm³/mol. The number of fused-ring (bicyclic) bond motifs is 1. The number of aromatic nitrogens is 4. The first-order valence-corrected chi connectivity index (χ1v) is 7.92. The number of aryl methyl sites for hydroxylation is 2. The van der Waals surface area contributed by atoms with Gasteiger partial charge in [-0.05, 0) is 0 Å². The van der Waals surface area contributed by atoms with Gasteiger partial charge in [0, 0.05) is 43.9 Å². The largest absolute Gasteiger partial charge is 0.497 e. The van der Waals surface area contributed by atoms with Crippen molar-refractivity contribution in [1.29, 1.82) is 0 Å². The SMILES string of the molecule is COc1cc(NC(=O)CCn2cnc3c(cnn3C)c2=O)cc(OC)c1. The van der Waals surface area contributed by atoms with Gasteiger partial charge in [0.25, 0.3) is 5.56 Å². The monoisotopic (exact) mass is 357 g/mol. The van der Waals surface area contributed by atoms with E-state index in [0.29, 0.717) is 28.2 Å². The molecule has 9 nitrogen and oxygen atoms in total. The Labute approximate surface area is 149 Å². The molecule has 0 radical (unpaired) electrons. The fourth-order valence-electron chi connectivity index (χ4n) is 2.55. The molecule has 9 heteroatoms. The van der Waals surface area contributed by atoms with Crippen molar-refractivity contribution in [2.45, 2.75) is 13.0 Å². The van der Waals surface area contributed by atoms with Crippen molar-refractivity contribution in [3.8, 4) is 11.5 Å². The van der Waals surface area contributed by atoms with E-state index in [1.54, 1.807) is 25.2 Å². The number of nitrogens with one attached hydrogen (secondary N) is 1.